The summed E-state index contributed by atoms with van der Waals surface area (Å²) in [5, 5.41) is 4.48. The molecule has 1 fully saturated rings. The minimum atomic E-state index is -0.822. The summed E-state index contributed by atoms with van der Waals surface area (Å²) in [6, 6.07) is 5.63. The third-order valence-electron chi connectivity index (χ3n) is 2.67. The molecule has 1 aromatic rings. The third kappa shape index (κ3) is 3.36. The molecule has 102 valence electrons. The third-order valence-corrected chi connectivity index (χ3v) is 2.67. The average Bonchev–Trinajstić information content (AvgIpc) is 2.76. The van der Waals surface area contributed by atoms with Gasteiger partial charge >= 0.3 is 12.0 Å². The van der Waals surface area contributed by atoms with E-state index in [9.17, 15) is 14.4 Å². The molecule has 6 heteroatoms. The molecule has 1 atom stereocenters. The van der Waals surface area contributed by atoms with Crippen LogP contribution in [-0.2, 0) is 20.7 Å². The number of carbonyl (C=O) groups is 3. The molecule has 0 aliphatic carbocycles. The van der Waals surface area contributed by atoms with Gasteiger partial charge in [-0.3, -0.25) is 14.9 Å². The first-order valence-corrected chi connectivity index (χ1v) is 5.87. The number of hydrogen-bond acceptors (Lipinski definition) is 4. The smallest absolute Gasteiger partial charge is 0.322 e. The van der Waals surface area contributed by atoms with E-state index in [1.54, 1.807) is 24.3 Å². The van der Waals surface area contributed by atoms with Gasteiger partial charge in [-0.05, 0) is 17.7 Å². The maximum atomic E-state index is 11.3. The molecule has 1 aliphatic heterocycles. The topological polar surface area (TPSA) is 84.5 Å². The Bertz CT molecular complexity index is 610. The summed E-state index contributed by atoms with van der Waals surface area (Å²) in [4.78, 5) is 33.3. The number of esters is 1. The van der Waals surface area contributed by atoms with E-state index in [4.69, 9.17) is 0 Å². The first-order chi connectivity index (χ1) is 9.58. The first-order valence-electron chi connectivity index (χ1n) is 5.87. The van der Waals surface area contributed by atoms with Crippen molar-refractivity contribution in [3.63, 3.8) is 0 Å². The number of urea groups is 1. The number of rotatable bonds is 2. The molecular formula is C14H12N2O4. The van der Waals surface area contributed by atoms with Gasteiger partial charge in [0.2, 0.25) is 0 Å². The van der Waals surface area contributed by atoms with E-state index in [0.717, 1.165) is 5.56 Å². The predicted octanol–water partition coefficient (Wildman–Crippen LogP) is -0.0384. The number of amides is 3. The number of nitrogens with one attached hydrogen (secondary N) is 2. The van der Waals surface area contributed by atoms with Gasteiger partial charge in [0.15, 0.2) is 6.04 Å². The zero-order valence-electron chi connectivity index (χ0n) is 10.7. The number of methoxy groups -OCH3 is 1. The molecule has 0 radical (unpaired) electrons. The van der Waals surface area contributed by atoms with Crippen LogP contribution in [0, 0.1) is 11.8 Å². The van der Waals surface area contributed by atoms with Crippen LogP contribution in [0.25, 0.3) is 0 Å². The molecule has 0 spiro atoms. The molecule has 0 aromatic heterocycles. The Morgan fingerprint density at radius 1 is 1.30 bits per heavy atom. The van der Waals surface area contributed by atoms with Crippen LogP contribution in [-0.4, -0.2) is 31.1 Å². The Morgan fingerprint density at radius 2 is 2.00 bits per heavy atom. The van der Waals surface area contributed by atoms with Gasteiger partial charge in [-0.2, -0.15) is 0 Å². The van der Waals surface area contributed by atoms with Gasteiger partial charge in [-0.25, -0.2) is 4.79 Å². The Morgan fingerprint density at radius 3 is 2.55 bits per heavy atom. The van der Waals surface area contributed by atoms with Gasteiger partial charge in [-0.1, -0.05) is 24.0 Å². The molecular weight excluding hydrogens is 260 g/mol. The second kappa shape index (κ2) is 5.89. The summed E-state index contributed by atoms with van der Waals surface area (Å²) in [6.45, 7) is 0. The SMILES string of the molecule is COC(=O)Cc1ccc(C#C[C@@H]2NC(=O)NC2=O)cc1. The fourth-order valence-electron chi connectivity index (χ4n) is 1.62. The van der Waals surface area contributed by atoms with E-state index in [-0.39, 0.29) is 12.4 Å². The summed E-state index contributed by atoms with van der Waals surface area (Å²) in [5.74, 6) is 4.69. The Labute approximate surface area is 115 Å². The van der Waals surface area contributed by atoms with Gasteiger partial charge in [0, 0.05) is 5.56 Å². The van der Waals surface area contributed by atoms with Crippen molar-refractivity contribution in [3.05, 3.63) is 35.4 Å². The quantitative estimate of drug-likeness (QED) is 0.449. The van der Waals surface area contributed by atoms with E-state index in [2.05, 4.69) is 27.2 Å². The molecule has 1 aliphatic rings. The van der Waals surface area contributed by atoms with Crippen molar-refractivity contribution in [2.24, 2.45) is 0 Å². The van der Waals surface area contributed by atoms with Crippen molar-refractivity contribution >= 4 is 17.9 Å². The lowest BCUT2D eigenvalue weighted by molar-refractivity contribution is -0.139. The summed E-state index contributed by atoms with van der Waals surface area (Å²) in [7, 11) is 1.34. The molecule has 3 amide bonds. The van der Waals surface area contributed by atoms with Crippen LogP contribution in [0.5, 0.6) is 0 Å². The molecule has 1 heterocycles. The monoisotopic (exact) mass is 272 g/mol. The van der Waals surface area contributed by atoms with Gasteiger partial charge < -0.3 is 10.1 Å². The van der Waals surface area contributed by atoms with Crippen molar-refractivity contribution in [1.29, 1.82) is 0 Å². The number of benzene rings is 1. The Balaban J connectivity index is 2.03. The molecule has 0 saturated carbocycles. The maximum Gasteiger partial charge on any atom is 0.322 e. The molecule has 2 N–H and O–H groups in total. The molecule has 0 bridgehead atoms. The van der Waals surface area contributed by atoms with E-state index in [1.807, 2.05) is 0 Å². The normalized spacial score (nSPS) is 16.8. The summed E-state index contributed by atoms with van der Waals surface area (Å²) >= 11 is 0. The van der Waals surface area contributed by atoms with Crippen molar-refractivity contribution in [1.82, 2.24) is 10.6 Å². The lowest BCUT2D eigenvalue weighted by atomic mass is 10.1. The molecule has 0 unspecified atom stereocenters. The van der Waals surface area contributed by atoms with Crippen LogP contribution in [0.2, 0.25) is 0 Å². The average molecular weight is 272 g/mol. The van der Waals surface area contributed by atoms with E-state index in [1.165, 1.54) is 7.11 Å². The second-order valence-electron chi connectivity index (χ2n) is 4.11. The minimum Gasteiger partial charge on any atom is -0.469 e. The van der Waals surface area contributed by atoms with Crippen molar-refractivity contribution in [2.75, 3.05) is 7.11 Å². The van der Waals surface area contributed by atoms with Crippen molar-refractivity contribution in [2.45, 2.75) is 12.5 Å². The first kappa shape index (κ1) is 13.6. The number of ether oxygens (including phenoxy) is 1. The highest BCUT2D eigenvalue weighted by Gasteiger charge is 2.27. The molecule has 20 heavy (non-hydrogen) atoms. The van der Waals surface area contributed by atoms with Crippen LogP contribution < -0.4 is 10.6 Å². The highest BCUT2D eigenvalue weighted by molar-refractivity contribution is 6.05. The van der Waals surface area contributed by atoms with Crippen molar-refractivity contribution in [3.8, 4) is 11.8 Å². The lowest BCUT2D eigenvalue weighted by Crippen LogP contribution is -2.26. The van der Waals surface area contributed by atoms with Gasteiger partial charge in [0.05, 0.1) is 13.5 Å². The number of imide groups is 1. The fraction of sp³-hybridized carbons (Fsp3) is 0.214. The second-order valence-corrected chi connectivity index (χ2v) is 4.11. The number of carbonyl (C=O) groups excluding carboxylic acids is 3. The van der Waals surface area contributed by atoms with Gasteiger partial charge in [0.25, 0.3) is 5.91 Å². The molecule has 1 aromatic carbocycles. The van der Waals surface area contributed by atoms with Crippen LogP contribution >= 0.6 is 0 Å². The Hall–Kier alpha value is -2.81. The van der Waals surface area contributed by atoms with Crippen LogP contribution in [0.15, 0.2) is 24.3 Å². The van der Waals surface area contributed by atoms with Gasteiger partial charge in [-0.15, -0.1) is 0 Å². The predicted molar refractivity (Wildman–Crippen MR) is 69.5 cm³/mol. The lowest BCUT2D eigenvalue weighted by Gasteiger charge is -2.00. The Kier molecular flexibility index (Phi) is 4.01. The summed E-state index contributed by atoms with van der Waals surface area (Å²) in [5.41, 5.74) is 1.50. The van der Waals surface area contributed by atoms with Crippen molar-refractivity contribution < 1.29 is 19.1 Å². The van der Waals surface area contributed by atoms with E-state index in [0.29, 0.717) is 5.56 Å². The standard InChI is InChI=1S/C14H12N2O4/c1-20-12(17)8-10-4-2-9(3-5-10)6-7-11-13(18)16-14(19)15-11/h2-5,11H,8H2,1H3,(H2,15,16,18,19)/t11-/m0/s1. The summed E-state index contributed by atoms with van der Waals surface area (Å²) < 4.78 is 4.57. The van der Waals surface area contributed by atoms with E-state index >= 15 is 0 Å². The zero-order chi connectivity index (χ0) is 14.5. The van der Waals surface area contributed by atoms with Crippen LogP contribution in [0.4, 0.5) is 4.79 Å². The molecule has 1 saturated heterocycles. The molecule has 2 rings (SSSR count). The fourth-order valence-corrected chi connectivity index (χ4v) is 1.62. The zero-order valence-corrected chi connectivity index (χ0v) is 10.7. The highest BCUT2D eigenvalue weighted by atomic mass is 16.5. The van der Waals surface area contributed by atoms with Crippen LogP contribution in [0.3, 0.4) is 0 Å². The van der Waals surface area contributed by atoms with E-state index < -0.39 is 18.0 Å². The molecule has 6 nitrogen and oxygen atoms in total. The minimum absolute atomic E-state index is 0.200. The maximum absolute atomic E-state index is 11.3. The summed E-state index contributed by atoms with van der Waals surface area (Å²) in [6.07, 6.45) is 0.200. The van der Waals surface area contributed by atoms with Gasteiger partial charge in [0.1, 0.15) is 0 Å². The number of hydrogen-bond donors (Lipinski definition) is 2. The van der Waals surface area contributed by atoms with Crippen LogP contribution in [0.1, 0.15) is 11.1 Å². The highest BCUT2D eigenvalue weighted by Crippen LogP contribution is 2.05. The largest absolute Gasteiger partial charge is 0.469 e.